The maximum absolute atomic E-state index is 6.63. The minimum atomic E-state index is -2.46. The largest absolute Gasteiger partial charge is 0.410 e. The first-order valence-electron chi connectivity index (χ1n) is 7.43. The van der Waals surface area contributed by atoms with Crippen LogP contribution in [0.5, 0.6) is 0 Å². The van der Waals surface area contributed by atoms with Gasteiger partial charge in [0.1, 0.15) is 0 Å². The molecule has 122 valence electrons. The molecule has 0 heterocycles. The quantitative estimate of drug-likeness (QED) is 0.638. The van der Waals surface area contributed by atoms with Gasteiger partial charge in [0, 0.05) is 12.3 Å². The van der Waals surface area contributed by atoms with E-state index in [0.717, 1.165) is 0 Å². The molecule has 0 aromatic carbocycles. The lowest BCUT2D eigenvalue weighted by molar-refractivity contribution is 0.0468. The highest BCUT2D eigenvalue weighted by molar-refractivity contribution is 6.80. The lowest BCUT2D eigenvalue weighted by Crippen LogP contribution is -2.67. The molecule has 0 aliphatic rings. The summed E-state index contributed by atoms with van der Waals surface area (Å²) in [7, 11) is -3.81. The van der Waals surface area contributed by atoms with Crippen LogP contribution >= 0.6 is 0 Å². The second-order valence-electron chi connectivity index (χ2n) is 8.74. The highest BCUT2D eigenvalue weighted by atomic mass is 28.4. The predicted octanol–water partition coefficient (Wildman–Crippen LogP) is 4.55. The van der Waals surface area contributed by atoms with Crippen LogP contribution in [0, 0.1) is 0 Å². The second-order valence-corrected chi connectivity index (χ2v) is 22.6. The Morgan fingerprint density at radius 3 is 1.30 bits per heavy atom. The van der Waals surface area contributed by atoms with E-state index in [1.807, 2.05) is 0 Å². The molecule has 0 N–H and O–H groups in total. The summed E-state index contributed by atoms with van der Waals surface area (Å²) >= 11 is 0. The van der Waals surface area contributed by atoms with Crippen LogP contribution in [0.4, 0.5) is 0 Å². The molecule has 0 saturated carbocycles. The van der Waals surface area contributed by atoms with Crippen molar-refractivity contribution >= 4 is 25.0 Å². The summed E-state index contributed by atoms with van der Waals surface area (Å²) in [5.41, 5.74) is 0. The van der Waals surface area contributed by atoms with Crippen LogP contribution in [0.1, 0.15) is 27.7 Å². The van der Waals surface area contributed by atoms with E-state index < -0.39 is 25.0 Å². The third kappa shape index (κ3) is 5.07. The molecule has 3 nitrogen and oxygen atoms in total. The molecule has 0 saturated heterocycles. The van der Waals surface area contributed by atoms with Crippen molar-refractivity contribution < 1.29 is 13.3 Å². The van der Waals surface area contributed by atoms with Gasteiger partial charge in [-0.25, -0.2) is 0 Å². The monoisotopic (exact) mass is 336 g/mol. The topological polar surface area (TPSA) is 27.7 Å². The normalized spacial score (nSPS) is 18.0. The van der Waals surface area contributed by atoms with Gasteiger partial charge in [0.2, 0.25) is 0 Å². The Bertz CT molecular complexity index is 330. The Morgan fingerprint density at radius 1 is 0.650 bits per heavy atom. The fourth-order valence-electron chi connectivity index (χ4n) is 1.91. The molecule has 0 rings (SSSR count). The standard InChI is InChI=1S/C14H36O3Si3/c1-13(2,18(6,7)8)17-20(12,15-5)14(3,4)16-19(9,10)11/h1-12H3. The molecule has 0 aliphatic carbocycles. The molecule has 1 unspecified atom stereocenters. The van der Waals surface area contributed by atoms with Gasteiger partial charge >= 0.3 is 8.56 Å². The van der Waals surface area contributed by atoms with Crippen LogP contribution in [-0.2, 0) is 13.3 Å². The predicted molar refractivity (Wildman–Crippen MR) is 95.6 cm³/mol. The van der Waals surface area contributed by atoms with Crippen LogP contribution < -0.4 is 0 Å². The maximum atomic E-state index is 6.63. The molecule has 0 aromatic rings. The van der Waals surface area contributed by atoms with Crippen LogP contribution in [0.3, 0.4) is 0 Å². The first-order valence-corrected chi connectivity index (χ1v) is 16.7. The Balaban J connectivity index is 5.41. The van der Waals surface area contributed by atoms with Crippen molar-refractivity contribution in [2.24, 2.45) is 0 Å². The molecule has 6 heteroatoms. The number of rotatable bonds is 7. The molecule has 20 heavy (non-hydrogen) atoms. The van der Waals surface area contributed by atoms with Gasteiger partial charge in [-0.15, -0.1) is 0 Å². The van der Waals surface area contributed by atoms with E-state index in [1.165, 1.54) is 0 Å². The summed E-state index contributed by atoms with van der Waals surface area (Å²) in [5, 5.41) is -0.493. The van der Waals surface area contributed by atoms with Crippen molar-refractivity contribution in [3.05, 3.63) is 0 Å². The number of hydrogen-bond acceptors (Lipinski definition) is 3. The molecule has 0 radical (unpaired) electrons. The van der Waals surface area contributed by atoms with Crippen LogP contribution in [0.2, 0.25) is 45.8 Å². The lowest BCUT2D eigenvalue weighted by atomic mass is 10.5. The van der Waals surface area contributed by atoms with Crippen LogP contribution in [0.15, 0.2) is 0 Å². The van der Waals surface area contributed by atoms with Gasteiger partial charge in [-0.05, 0) is 53.9 Å². The first kappa shape index (κ1) is 20.5. The second kappa shape index (κ2) is 5.97. The van der Waals surface area contributed by atoms with E-state index >= 15 is 0 Å². The van der Waals surface area contributed by atoms with Gasteiger partial charge in [0.15, 0.2) is 8.32 Å². The average molecular weight is 337 g/mol. The van der Waals surface area contributed by atoms with E-state index in [2.05, 4.69) is 73.5 Å². The molecule has 0 spiro atoms. The molecular weight excluding hydrogens is 300 g/mol. The van der Waals surface area contributed by atoms with Crippen molar-refractivity contribution in [3.8, 4) is 0 Å². The van der Waals surface area contributed by atoms with E-state index in [4.69, 9.17) is 13.3 Å². The van der Waals surface area contributed by atoms with E-state index in [0.29, 0.717) is 0 Å². The Hall–Kier alpha value is 0.531. The molecule has 0 aliphatic heterocycles. The molecule has 0 bridgehead atoms. The van der Waals surface area contributed by atoms with E-state index in [1.54, 1.807) is 7.11 Å². The summed E-state index contributed by atoms with van der Waals surface area (Å²) in [6, 6.07) is 0. The van der Waals surface area contributed by atoms with Crippen molar-refractivity contribution in [1.29, 1.82) is 0 Å². The molecule has 0 aromatic heterocycles. The first-order chi connectivity index (χ1) is 8.47. The smallest absolute Gasteiger partial charge is 0.366 e. The van der Waals surface area contributed by atoms with Crippen LogP contribution in [0.25, 0.3) is 0 Å². The Morgan fingerprint density at radius 2 is 1.05 bits per heavy atom. The maximum Gasteiger partial charge on any atom is 0.366 e. The van der Waals surface area contributed by atoms with Gasteiger partial charge in [-0.2, -0.15) is 0 Å². The summed E-state index contributed by atoms with van der Waals surface area (Å²) < 4.78 is 18.9. The Kier molecular flexibility index (Phi) is 6.12. The third-order valence-corrected chi connectivity index (χ3v) is 13.5. The van der Waals surface area contributed by atoms with E-state index in [9.17, 15) is 0 Å². The highest BCUT2D eigenvalue weighted by Gasteiger charge is 2.54. The van der Waals surface area contributed by atoms with Gasteiger partial charge in [-0.1, -0.05) is 19.6 Å². The van der Waals surface area contributed by atoms with Crippen molar-refractivity contribution in [2.45, 2.75) is 84.0 Å². The average Bonchev–Trinajstić information content (AvgIpc) is 2.10. The SMILES string of the molecule is CO[Si](C)(OC(C)(C)[Si](C)(C)C)C(C)(C)O[Si](C)(C)C. The molecular formula is C14H36O3Si3. The van der Waals surface area contributed by atoms with Gasteiger partial charge in [-0.3, -0.25) is 0 Å². The van der Waals surface area contributed by atoms with Crippen molar-refractivity contribution in [2.75, 3.05) is 7.11 Å². The minimum Gasteiger partial charge on any atom is -0.410 e. The summed E-state index contributed by atoms with van der Waals surface area (Å²) in [6.07, 6.45) is 0. The summed E-state index contributed by atoms with van der Waals surface area (Å²) in [6.45, 7) is 24.4. The number of hydrogen-bond donors (Lipinski definition) is 0. The molecule has 1 atom stereocenters. The van der Waals surface area contributed by atoms with Gasteiger partial charge < -0.3 is 13.3 Å². The zero-order valence-corrected chi connectivity index (χ0v) is 18.7. The summed E-state index contributed by atoms with van der Waals surface area (Å²) in [4.78, 5) is 0. The summed E-state index contributed by atoms with van der Waals surface area (Å²) in [5.74, 6) is 0. The third-order valence-electron chi connectivity index (χ3n) is 4.30. The Labute approximate surface area is 129 Å². The fraction of sp³-hybridized carbons (Fsp3) is 1.00. The van der Waals surface area contributed by atoms with Crippen LogP contribution in [-0.4, -0.2) is 42.5 Å². The fourth-order valence-corrected chi connectivity index (χ4v) is 8.70. The van der Waals surface area contributed by atoms with E-state index in [-0.39, 0.29) is 10.4 Å². The molecule has 0 fully saturated rings. The highest BCUT2D eigenvalue weighted by Crippen LogP contribution is 2.35. The zero-order chi connectivity index (χ0) is 16.6. The van der Waals surface area contributed by atoms with Crippen molar-refractivity contribution in [1.82, 2.24) is 0 Å². The lowest BCUT2D eigenvalue weighted by Gasteiger charge is -2.49. The van der Waals surface area contributed by atoms with Gasteiger partial charge in [0.05, 0.1) is 13.3 Å². The zero-order valence-electron chi connectivity index (χ0n) is 15.7. The minimum absolute atomic E-state index is 0.135. The van der Waals surface area contributed by atoms with Crippen molar-refractivity contribution in [3.63, 3.8) is 0 Å². The van der Waals surface area contributed by atoms with Gasteiger partial charge in [0.25, 0.3) is 0 Å². The molecule has 0 amide bonds.